The van der Waals surface area contributed by atoms with E-state index in [9.17, 15) is 4.79 Å². The predicted molar refractivity (Wildman–Crippen MR) is 83.8 cm³/mol. The van der Waals surface area contributed by atoms with Gasteiger partial charge in [0.2, 0.25) is 0 Å². The summed E-state index contributed by atoms with van der Waals surface area (Å²) in [4.78, 5) is 11.9. The number of halogens is 1. The molecule has 3 heterocycles. The van der Waals surface area contributed by atoms with E-state index < -0.39 is 5.91 Å². The van der Waals surface area contributed by atoms with Gasteiger partial charge in [0, 0.05) is 17.5 Å². The van der Waals surface area contributed by atoms with Crippen molar-refractivity contribution in [1.82, 2.24) is 20.0 Å². The van der Waals surface area contributed by atoms with Crippen LogP contribution in [0.3, 0.4) is 0 Å². The zero-order valence-corrected chi connectivity index (χ0v) is 12.5. The molecule has 22 heavy (non-hydrogen) atoms. The van der Waals surface area contributed by atoms with Crippen molar-refractivity contribution in [3.05, 3.63) is 34.6 Å². The summed E-state index contributed by atoms with van der Waals surface area (Å²) < 4.78 is 1.90. The third kappa shape index (κ3) is 1.91. The van der Waals surface area contributed by atoms with Crippen molar-refractivity contribution >= 4 is 28.4 Å². The van der Waals surface area contributed by atoms with Crippen LogP contribution in [0.15, 0.2) is 18.3 Å². The molecule has 0 aliphatic carbocycles. The van der Waals surface area contributed by atoms with Gasteiger partial charge in [0.15, 0.2) is 0 Å². The van der Waals surface area contributed by atoms with Gasteiger partial charge >= 0.3 is 0 Å². The van der Waals surface area contributed by atoms with E-state index >= 15 is 0 Å². The van der Waals surface area contributed by atoms with Crippen LogP contribution < -0.4 is 5.73 Å². The Hall–Kier alpha value is -2.34. The van der Waals surface area contributed by atoms with Crippen LogP contribution in [-0.4, -0.2) is 25.9 Å². The van der Waals surface area contributed by atoms with Crippen molar-refractivity contribution in [3.8, 4) is 11.3 Å². The summed E-state index contributed by atoms with van der Waals surface area (Å²) in [6.45, 7) is 0.817. The molecule has 0 bridgehead atoms. The van der Waals surface area contributed by atoms with Gasteiger partial charge < -0.3 is 5.73 Å². The van der Waals surface area contributed by atoms with E-state index in [4.69, 9.17) is 17.3 Å². The number of carbonyl (C=O) groups is 1. The maximum atomic E-state index is 11.9. The summed E-state index contributed by atoms with van der Waals surface area (Å²) in [5, 5.41) is 12.9. The molecule has 112 valence electrons. The molecule has 0 saturated carbocycles. The molecule has 1 aromatic carbocycles. The Balaban J connectivity index is 1.97. The largest absolute Gasteiger partial charge is 0.365 e. The average molecular weight is 316 g/mol. The fourth-order valence-electron chi connectivity index (χ4n) is 3.10. The topological polar surface area (TPSA) is 89.6 Å². The molecule has 2 aromatic heterocycles. The monoisotopic (exact) mass is 315 g/mol. The predicted octanol–water partition coefficient (Wildman–Crippen LogP) is 2.52. The van der Waals surface area contributed by atoms with Gasteiger partial charge in [0.1, 0.15) is 5.69 Å². The van der Waals surface area contributed by atoms with E-state index in [1.54, 1.807) is 12.3 Å². The minimum absolute atomic E-state index is 0.443. The number of H-pyrrole nitrogens is 1. The molecule has 0 unspecified atom stereocenters. The van der Waals surface area contributed by atoms with Gasteiger partial charge in [-0.2, -0.15) is 10.2 Å². The maximum absolute atomic E-state index is 11.9. The number of amides is 1. The minimum Gasteiger partial charge on any atom is -0.365 e. The molecule has 4 rings (SSSR count). The van der Waals surface area contributed by atoms with Crippen molar-refractivity contribution in [2.75, 3.05) is 0 Å². The molecule has 0 spiro atoms. The normalized spacial score (nSPS) is 14.2. The Morgan fingerprint density at radius 1 is 1.36 bits per heavy atom. The molecule has 0 radical (unpaired) electrons. The highest BCUT2D eigenvalue weighted by atomic mass is 35.5. The van der Waals surface area contributed by atoms with Gasteiger partial charge in [0.25, 0.3) is 5.91 Å². The van der Waals surface area contributed by atoms with Gasteiger partial charge in [-0.15, -0.1) is 0 Å². The molecule has 0 saturated heterocycles. The minimum atomic E-state index is -0.443. The third-order valence-corrected chi connectivity index (χ3v) is 4.41. The van der Waals surface area contributed by atoms with Gasteiger partial charge in [-0.3, -0.25) is 14.6 Å². The zero-order valence-electron chi connectivity index (χ0n) is 11.8. The fraction of sp³-hybridized carbons (Fsp3) is 0.267. The molecule has 0 atom stereocenters. The number of hydrogen-bond donors (Lipinski definition) is 2. The number of nitrogens with zero attached hydrogens (tertiary/aromatic N) is 3. The van der Waals surface area contributed by atoms with Crippen LogP contribution in [0, 0.1) is 0 Å². The first-order valence-electron chi connectivity index (χ1n) is 7.17. The number of primary amides is 1. The van der Waals surface area contributed by atoms with Gasteiger partial charge in [-0.05, 0) is 31.4 Å². The van der Waals surface area contributed by atoms with Gasteiger partial charge in [-0.1, -0.05) is 11.6 Å². The number of nitrogens with one attached hydrogen (secondary N) is 1. The number of rotatable bonds is 2. The Labute approximate surface area is 131 Å². The Morgan fingerprint density at radius 2 is 2.23 bits per heavy atom. The number of aromatic nitrogens is 4. The van der Waals surface area contributed by atoms with E-state index in [2.05, 4.69) is 15.3 Å². The lowest BCUT2D eigenvalue weighted by atomic mass is 10.0. The molecule has 3 N–H and O–H groups in total. The molecule has 0 fully saturated rings. The molecule has 3 aromatic rings. The summed E-state index contributed by atoms with van der Waals surface area (Å²) in [7, 11) is 0. The summed E-state index contributed by atoms with van der Waals surface area (Å²) in [5.74, 6) is -0.443. The molecule has 1 aliphatic heterocycles. The molecular formula is C15H14ClN5O. The lowest BCUT2D eigenvalue weighted by molar-refractivity contribution is 0.0999. The van der Waals surface area contributed by atoms with Crippen molar-refractivity contribution < 1.29 is 4.79 Å². The van der Waals surface area contributed by atoms with Crippen molar-refractivity contribution in [2.45, 2.75) is 25.8 Å². The maximum Gasteiger partial charge on any atom is 0.252 e. The van der Waals surface area contributed by atoms with Crippen LogP contribution in [0.1, 0.15) is 28.9 Å². The Bertz CT molecular complexity index is 895. The molecular weight excluding hydrogens is 302 g/mol. The van der Waals surface area contributed by atoms with Crippen LogP contribution in [0.25, 0.3) is 22.2 Å². The molecule has 6 nitrogen and oxygen atoms in total. The first-order valence-corrected chi connectivity index (χ1v) is 7.55. The van der Waals surface area contributed by atoms with E-state index in [1.165, 1.54) is 0 Å². The first kappa shape index (κ1) is 13.3. The van der Waals surface area contributed by atoms with Crippen molar-refractivity contribution in [1.29, 1.82) is 0 Å². The first-order chi connectivity index (χ1) is 10.6. The van der Waals surface area contributed by atoms with E-state index in [0.29, 0.717) is 16.3 Å². The second-order valence-corrected chi connectivity index (χ2v) is 5.91. The number of aromatic amines is 1. The lowest BCUT2D eigenvalue weighted by Crippen LogP contribution is -2.17. The Morgan fingerprint density at radius 3 is 3.05 bits per heavy atom. The molecule has 1 aliphatic rings. The zero-order chi connectivity index (χ0) is 15.3. The van der Waals surface area contributed by atoms with E-state index in [1.807, 2.05) is 10.7 Å². The molecule has 1 amide bonds. The SMILES string of the molecule is NC(=O)c1c(-c2cc(Cl)c3[nH]ncc3c2)nn2c1CCCC2. The highest BCUT2D eigenvalue weighted by Crippen LogP contribution is 2.33. The van der Waals surface area contributed by atoms with Crippen LogP contribution in [0.4, 0.5) is 0 Å². The number of fused-ring (bicyclic) bond motifs is 2. The lowest BCUT2D eigenvalue weighted by Gasteiger charge is -2.13. The second-order valence-electron chi connectivity index (χ2n) is 5.51. The summed E-state index contributed by atoms with van der Waals surface area (Å²) in [6.07, 6.45) is 4.64. The number of nitrogens with two attached hydrogens (primary N) is 1. The van der Waals surface area contributed by atoms with Gasteiger partial charge in [0.05, 0.1) is 28.0 Å². The van der Waals surface area contributed by atoms with Crippen molar-refractivity contribution in [2.24, 2.45) is 5.73 Å². The standard InChI is InChI=1S/C15H14ClN5O/c16-10-6-8(5-9-7-18-19-13(9)10)14-12(15(17)22)11-3-1-2-4-21(11)20-14/h5-7H,1-4H2,(H2,17,22)(H,18,19). The van der Waals surface area contributed by atoms with Crippen molar-refractivity contribution in [3.63, 3.8) is 0 Å². The number of aryl methyl sites for hydroxylation is 1. The molecule has 7 heteroatoms. The third-order valence-electron chi connectivity index (χ3n) is 4.11. The summed E-state index contributed by atoms with van der Waals surface area (Å²) in [6, 6.07) is 3.72. The number of hydrogen-bond acceptors (Lipinski definition) is 3. The van der Waals surface area contributed by atoms with Gasteiger partial charge in [-0.25, -0.2) is 0 Å². The van der Waals surface area contributed by atoms with E-state index in [0.717, 1.165) is 48.0 Å². The highest BCUT2D eigenvalue weighted by Gasteiger charge is 2.25. The van der Waals surface area contributed by atoms with Crippen LogP contribution >= 0.6 is 11.6 Å². The quantitative estimate of drug-likeness (QED) is 0.761. The summed E-state index contributed by atoms with van der Waals surface area (Å²) in [5.41, 5.74) is 9.21. The summed E-state index contributed by atoms with van der Waals surface area (Å²) >= 11 is 6.29. The Kier molecular flexibility index (Phi) is 2.94. The number of carbonyl (C=O) groups excluding carboxylic acids is 1. The van der Waals surface area contributed by atoms with Crippen LogP contribution in [0.5, 0.6) is 0 Å². The number of benzene rings is 1. The van der Waals surface area contributed by atoms with Crippen LogP contribution in [0.2, 0.25) is 5.02 Å². The smallest absolute Gasteiger partial charge is 0.252 e. The average Bonchev–Trinajstić information content (AvgIpc) is 3.11. The van der Waals surface area contributed by atoms with Crippen LogP contribution in [-0.2, 0) is 13.0 Å². The second kappa shape index (κ2) is 4.84. The highest BCUT2D eigenvalue weighted by molar-refractivity contribution is 6.35. The fourth-order valence-corrected chi connectivity index (χ4v) is 3.37. The van der Waals surface area contributed by atoms with E-state index in [-0.39, 0.29) is 0 Å².